The topological polar surface area (TPSA) is 75.4 Å². The van der Waals surface area contributed by atoms with Gasteiger partial charge < -0.3 is 16.0 Å². The number of amides is 2. The van der Waals surface area contributed by atoms with Crippen molar-refractivity contribution in [1.82, 2.24) is 10.2 Å². The molecular weight excluding hydrogens is 321 g/mol. The zero-order chi connectivity index (χ0) is 16.8. The highest BCUT2D eigenvalue weighted by Gasteiger charge is 2.21. The molecule has 1 aromatic carbocycles. The fourth-order valence-electron chi connectivity index (χ4n) is 2.00. The largest absolute Gasteiger partial charge is 0.347 e. The fourth-order valence-corrected chi connectivity index (χ4v) is 2.00. The molecule has 0 atom stereocenters. The standard InChI is InChI=1S/C16H24FN3O2.ClH/c1-16(2,10-18)11-20(3)15(22)9-19-14(21)8-12-5-4-6-13(17)7-12;/h4-7H,8-11,18H2,1-3H3,(H,19,21);1H. The molecule has 0 aliphatic rings. The Bertz CT molecular complexity index is 538. The number of nitrogens with two attached hydrogens (primary N) is 1. The average Bonchev–Trinajstić information content (AvgIpc) is 2.44. The van der Waals surface area contributed by atoms with Gasteiger partial charge in [0.05, 0.1) is 13.0 Å². The SMILES string of the molecule is CN(CC(C)(C)CN)C(=O)CNC(=O)Cc1cccc(F)c1.Cl. The second kappa shape index (κ2) is 9.47. The third-order valence-electron chi connectivity index (χ3n) is 3.33. The second-order valence-corrected chi connectivity index (χ2v) is 6.20. The fraction of sp³-hybridized carbons (Fsp3) is 0.500. The summed E-state index contributed by atoms with van der Waals surface area (Å²) in [4.78, 5) is 25.3. The van der Waals surface area contributed by atoms with E-state index in [0.717, 1.165) is 0 Å². The predicted molar refractivity (Wildman–Crippen MR) is 90.8 cm³/mol. The Kier molecular flexibility index (Phi) is 8.79. The highest BCUT2D eigenvalue weighted by molar-refractivity contribution is 5.86. The molecule has 5 nitrogen and oxygen atoms in total. The second-order valence-electron chi connectivity index (χ2n) is 6.20. The van der Waals surface area contributed by atoms with Gasteiger partial charge in [-0.2, -0.15) is 0 Å². The molecule has 7 heteroatoms. The van der Waals surface area contributed by atoms with Crippen LogP contribution in [0.15, 0.2) is 24.3 Å². The summed E-state index contributed by atoms with van der Waals surface area (Å²) in [5.41, 5.74) is 6.04. The highest BCUT2D eigenvalue weighted by Crippen LogP contribution is 2.13. The number of benzene rings is 1. The maximum absolute atomic E-state index is 13.0. The molecule has 0 radical (unpaired) electrons. The van der Waals surface area contributed by atoms with Crippen molar-refractivity contribution in [3.63, 3.8) is 0 Å². The third kappa shape index (κ3) is 7.95. The van der Waals surface area contributed by atoms with Crippen molar-refractivity contribution in [2.75, 3.05) is 26.7 Å². The Morgan fingerprint density at radius 2 is 2.00 bits per heavy atom. The van der Waals surface area contributed by atoms with Crippen LogP contribution < -0.4 is 11.1 Å². The van der Waals surface area contributed by atoms with Crippen LogP contribution in [-0.4, -0.2) is 43.4 Å². The van der Waals surface area contributed by atoms with Gasteiger partial charge in [-0.15, -0.1) is 12.4 Å². The summed E-state index contributed by atoms with van der Waals surface area (Å²) in [7, 11) is 1.68. The average molecular weight is 346 g/mol. The van der Waals surface area contributed by atoms with E-state index in [0.29, 0.717) is 18.7 Å². The smallest absolute Gasteiger partial charge is 0.241 e. The molecule has 0 heterocycles. The van der Waals surface area contributed by atoms with Crippen LogP contribution in [0.5, 0.6) is 0 Å². The van der Waals surface area contributed by atoms with Gasteiger partial charge in [0.2, 0.25) is 11.8 Å². The Balaban J connectivity index is 0.00000484. The van der Waals surface area contributed by atoms with Gasteiger partial charge in [-0.3, -0.25) is 9.59 Å². The van der Waals surface area contributed by atoms with Crippen molar-refractivity contribution in [3.8, 4) is 0 Å². The van der Waals surface area contributed by atoms with Gasteiger partial charge in [0.15, 0.2) is 0 Å². The van der Waals surface area contributed by atoms with Crippen molar-refractivity contribution in [1.29, 1.82) is 0 Å². The minimum absolute atomic E-state index is 0. The van der Waals surface area contributed by atoms with Crippen LogP contribution in [0, 0.1) is 11.2 Å². The third-order valence-corrected chi connectivity index (χ3v) is 3.33. The molecule has 0 unspecified atom stereocenters. The van der Waals surface area contributed by atoms with Gasteiger partial charge in [0.1, 0.15) is 5.82 Å². The lowest BCUT2D eigenvalue weighted by Gasteiger charge is -2.29. The van der Waals surface area contributed by atoms with Crippen LogP contribution in [-0.2, 0) is 16.0 Å². The highest BCUT2D eigenvalue weighted by atomic mass is 35.5. The van der Waals surface area contributed by atoms with Crippen molar-refractivity contribution in [2.24, 2.45) is 11.1 Å². The van der Waals surface area contributed by atoms with E-state index >= 15 is 0 Å². The van der Waals surface area contributed by atoms with Gasteiger partial charge in [-0.05, 0) is 29.7 Å². The Labute approximate surface area is 142 Å². The minimum Gasteiger partial charge on any atom is -0.347 e. The number of nitrogens with zero attached hydrogens (tertiary/aromatic N) is 1. The summed E-state index contributed by atoms with van der Waals surface area (Å²) < 4.78 is 13.0. The molecule has 1 aromatic rings. The molecule has 0 bridgehead atoms. The van der Waals surface area contributed by atoms with E-state index in [-0.39, 0.29) is 48.4 Å². The van der Waals surface area contributed by atoms with Crippen LogP contribution in [0.4, 0.5) is 4.39 Å². The van der Waals surface area contributed by atoms with Gasteiger partial charge in [-0.25, -0.2) is 4.39 Å². The summed E-state index contributed by atoms with van der Waals surface area (Å²) >= 11 is 0. The van der Waals surface area contributed by atoms with Crippen molar-refractivity contribution < 1.29 is 14.0 Å². The number of nitrogens with one attached hydrogen (secondary N) is 1. The van der Waals surface area contributed by atoms with Crippen molar-refractivity contribution in [3.05, 3.63) is 35.6 Å². The molecule has 130 valence electrons. The van der Waals surface area contributed by atoms with E-state index in [9.17, 15) is 14.0 Å². The molecule has 2 amide bonds. The lowest BCUT2D eigenvalue weighted by Crippen LogP contribution is -2.44. The number of likely N-dealkylation sites (N-methyl/N-ethyl adjacent to an activating group) is 1. The molecule has 0 saturated carbocycles. The quantitative estimate of drug-likeness (QED) is 0.783. The molecule has 1 rings (SSSR count). The normalized spacial score (nSPS) is 10.7. The van der Waals surface area contributed by atoms with E-state index in [2.05, 4.69) is 5.32 Å². The number of hydrogen-bond acceptors (Lipinski definition) is 3. The van der Waals surface area contributed by atoms with E-state index < -0.39 is 0 Å². The molecule has 0 saturated heterocycles. The van der Waals surface area contributed by atoms with Crippen LogP contribution in [0.1, 0.15) is 19.4 Å². The lowest BCUT2D eigenvalue weighted by molar-refractivity contribution is -0.132. The molecule has 3 N–H and O–H groups in total. The predicted octanol–water partition coefficient (Wildman–Crippen LogP) is 1.35. The van der Waals surface area contributed by atoms with Crippen LogP contribution in [0.2, 0.25) is 0 Å². The number of hydrogen-bond donors (Lipinski definition) is 2. The summed E-state index contributed by atoms with van der Waals surface area (Å²) in [6, 6.07) is 5.84. The van der Waals surface area contributed by atoms with Crippen LogP contribution in [0.3, 0.4) is 0 Å². The zero-order valence-corrected chi connectivity index (χ0v) is 14.6. The maximum Gasteiger partial charge on any atom is 0.241 e. The van der Waals surface area contributed by atoms with Gasteiger partial charge >= 0.3 is 0 Å². The first-order chi connectivity index (χ1) is 10.2. The van der Waals surface area contributed by atoms with E-state index in [1.165, 1.54) is 12.1 Å². The first-order valence-corrected chi connectivity index (χ1v) is 7.19. The van der Waals surface area contributed by atoms with Gasteiger partial charge in [0, 0.05) is 13.6 Å². The molecule has 0 aliphatic carbocycles. The van der Waals surface area contributed by atoms with E-state index in [1.807, 2.05) is 13.8 Å². The zero-order valence-electron chi connectivity index (χ0n) is 13.8. The molecule has 23 heavy (non-hydrogen) atoms. The monoisotopic (exact) mass is 345 g/mol. The summed E-state index contributed by atoms with van der Waals surface area (Å²) in [6.07, 6.45) is 0.0447. The number of carbonyl (C=O) groups is 2. The van der Waals surface area contributed by atoms with Crippen molar-refractivity contribution >= 4 is 24.2 Å². The first-order valence-electron chi connectivity index (χ1n) is 7.19. The van der Waals surface area contributed by atoms with Crippen molar-refractivity contribution in [2.45, 2.75) is 20.3 Å². The minimum atomic E-state index is -0.384. The molecule has 0 aliphatic heterocycles. The van der Waals surface area contributed by atoms with Gasteiger partial charge in [0.25, 0.3) is 0 Å². The lowest BCUT2D eigenvalue weighted by atomic mass is 9.93. The summed E-state index contributed by atoms with van der Waals surface area (Å²) in [5.74, 6) is -0.885. The van der Waals surface area contributed by atoms with Gasteiger partial charge in [-0.1, -0.05) is 26.0 Å². The number of rotatable bonds is 7. The maximum atomic E-state index is 13.0. The molecule has 0 aromatic heterocycles. The molecular formula is C16H25ClFN3O2. The van der Waals surface area contributed by atoms with Crippen LogP contribution >= 0.6 is 12.4 Å². The Morgan fingerprint density at radius 1 is 1.35 bits per heavy atom. The number of carbonyl (C=O) groups excluding carboxylic acids is 2. The van der Waals surface area contributed by atoms with E-state index in [1.54, 1.807) is 24.1 Å². The Hall–Kier alpha value is -1.66. The summed E-state index contributed by atoms with van der Waals surface area (Å²) in [5, 5.41) is 2.55. The first kappa shape index (κ1) is 21.3. The molecule has 0 spiro atoms. The van der Waals surface area contributed by atoms with Crippen LogP contribution in [0.25, 0.3) is 0 Å². The summed E-state index contributed by atoms with van der Waals surface area (Å²) in [6.45, 7) is 4.85. The Morgan fingerprint density at radius 3 is 2.57 bits per heavy atom. The van der Waals surface area contributed by atoms with E-state index in [4.69, 9.17) is 5.73 Å². The molecule has 0 fully saturated rings. The number of halogens is 2.